The Kier molecular flexibility index (Phi) is 4.13. The second-order valence-electron chi connectivity index (χ2n) is 7.13. The Morgan fingerprint density at radius 2 is 2.14 bits per heavy atom. The highest BCUT2D eigenvalue weighted by Gasteiger charge is 2.39. The van der Waals surface area contributed by atoms with E-state index in [1.165, 1.54) is 18.4 Å². The van der Waals surface area contributed by atoms with Crippen LogP contribution in [-0.2, 0) is 10.2 Å². The number of carbonyl (C=O) groups is 1. The molecule has 22 heavy (non-hydrogen) atoms. The lowest BCUT2D eigenvalue weighted by Crippen LogP contribution is -2.46. The fourth-order valence-corrected chi connectivity index (χ4v) is 3.59. The van der Waals surface area contributed by atoms with Crippen molar-refractivity contribution in [1.29, 1.82) is 0 Å². The van der Waals surface area contributed by atoms with Crippen LogP contribution in [0.5, 0.6) is 0 Å². The molecule has 4 nitrogen and oxygen atoms in total. The predicted molar refractivity (Wildman–Crippen MR) is 88.4 cm³/mol. The predicted octanol–water partition coefficient (Wildman–Crippen LogP) is 3.45. The molecule has 0 aromatic heterocycles. The highest BCUT2D eigenvalue weighted by Crippen LogP contribution is 2.40. The van der Waals surface area contributed by atoms with Crippen molar-refractivity contribution in [1.82, 2.24) is 5.32 Å². The van der Waals surface area contributed by atoms with E-state index in [1.807, 2.05) is 25.1 Å². The molecule has 1 aromatic rings. The van der Waals surface area contributed by atoms with Gasteiger partial charge in [-0.15, -0.1) is 0 Å². The summed E-state index contributed by atoms with van der Waals surface area (Å²) in [7, 11) is 0. The molecule has 0 saturated carbocycles. The Hall–Kier alpha value is -1.55. The number of nitrogens with one attached hydrogen (secondary N) is 1. The molecule has 2 atom stereocenters. The molecule has 1 aromatic carbocycles. The van der Waals surface area contributed by atoms with E-state index in [1.54, 1.807) is 4.90 Å². The number of para-hydroxylation sites is 1. The van der Waals surface area contributed by atoms with Crippen LogP contribution in [0.1, 0.15) is 45.6 Å². The first-order valence-electron chi connectivity index (χ1n) is 8.30. The van der Waals surface area contributed by atoms with Crippen LogP contribution in [0.25, 0.3) is 0 Å². The van der Waals surface area contributed by atoms with Crippen molar-refractivity contribution >= 4 is 11.8 Å². The summed E-state index contributed by atoms with van der Waals surface area (Å²) < 4.78 is 5.75. The molecule has 120 valence electrons. The number of benzene rings is 1. The van der Waals surface area contributed by atoms with Gasteiger partial charge in [-0.25, -0.2) is 4.79 Å². The van der Waals surface area contributed by atoms with Crippen molar-refractivity contribution < 1.29 is 9.53 Å². The summed E-state index contributed by atoms with van der Waals surface area (Å²) in [6.07, 6.45) is 3.18. The lowest BCUT2D eigenvalue weighted by molar-refractivity contribution is 0.0822. The van der Waals surface area contributed by atoms with Crippen molar-refractivity contribution in [2.24, 2.45) is 0 Å². The summed E-state index contributed by atoms with van der Waals surface area (Å²) in [5.74, 6) is 0. The zero-order chi connectivity index (χ0) is 15.7. The van der Waals surface area contributed by atoms with Gasteiger partial charge in [-0.3, -0.25) is 4.90 Å². The van der Waals surface area contributed by atoms with Gasteiger partial charge in [0.1, 0.15) is 6.10 Å². The summed E-state index contributed by atoms with van der Waals surface area (Å²) in [5, 5.41) is 3.45. The van der Waals surface area contributed by atoms with E-state index < -0.39 is 0 Å². The Morgan fingerprint density at radius 3 is 2.86 bits per heavy atom. The second kappa shape index (κ2) is 5.92. The van der Waals surface area contributed by atoms with E-state index in [0.717, 1.165) is 18.7 Å². The zero-order valence-corrected chi connectivity index (χ0v) is 13.8. The summed E-state index contributed by atoms with van der Waals surface area (Å²) in [5.41, 5.74) is 2.18. The van der Waals surface area contributed by atoms with E-state index in [0.29, 0.717) is 6.54 Å². The Labute approximate surface area is 132 Å². The van der Waals surface area contributed by atoms with Crippen molar-refractivity contribution in [3.8, 4) is 0 Å². The van der Waals surface area contributed by atoms with Gasteiger partial charge in [-0.2, -0.15) is 0 Å². The Bertz CT molecular complexity index is 550. The van der Waals surface area contributed by atoms with Gasteiger partial charge in [0, 0.05) is 18.0 Å². The van der Waals surface area contributed by atoms with Gasteiger partial charge >= 0.3 is 6.09 Å². The number of hydrogen-bond donors (Lipinski definition) is 1. The van der Waals surface area contributed by atoms with Crippen LogP contribution >= 0.6 is 0 Å². The van der Waals surface area contributed by atoms with Crippen LogP contribution in [-0.4, -0.2) is 31.3 Å². The maximum atomic E-state index is 12.6. The third kappa shape index (κ3) is 2.84. The molecule has 1 N–H and O–H groups in total. The van der Waals surface area contributed by atoms with Gasteiger partial charge in [-0.1, -0.05) is 38.5 Å². The first-order chi connectivity index (χ1) is 10.5. The number of amides is 1. The number of nitrogens with zero attached hydrogens (tertiary/aromatic N) is 1. The summed E-state index contributed by atoms with van der Waals surface area (Å²) in [6, 6.07) is 8.41. The largest absolute Gasteiger partial charge is 0.444 e. The van der Waals surface area contributed by atoms with Crippen LogP contribution in [0.15, 0.2) is 24.3 Å². The average Bonchev–Trinajstić information content (AvgIpc) is 2.80. The van der Waals surface area contributed by atoms with Crippen LogP contribution in [0.4, 0.5) is 10.5 Å². The monoisotopic (exact) mass is 302 g/mol. The molecular formula is C18H26N2O2. The smallest absolute Gasteiger partial charge is 0.414 e. The van der Waals surface area contributed by atoms with E-state index >= 15 is 0 Å². The molecule has 1 amide bonds. The molecule has 0 bridgehead atoms. The first-order valence-corrected chi connectivity index (χ1v) is 8.30. The van der Waals surface area contributed by atoms with E-state index in [4.69, 9.17) is 4.74 Å². The number of anilines is 1. The number of ether oxygens (including phenoxy) is 1. The van der Waals surface area contributed by atoms with Gasteiger partial charge in [0.25, 0.3) is 0 Å². The zero-order valence-electron chi connectivity index (χ0n) is 13.8. The summed E-state index contributed by atoms with van der Waals surface area (Å²) in [4.78, 5) is 14.4. The molecular weight excluding hydrogens is 276 g/mol. The molecule has 2 unspecified atom stereocenters. The molecule has 2 aliphatic rings. The van der Waals surface area contributed by atoms with Crippen LogP contribution in [0, 0.1) is 0 Å². The average molecular weight is 302 g/mol. The van der Waals surface area contributed by atoms with E-state index in [9.17, 15) is 4.79 Å². The quantitative estimate of drug-likeness (QED) is 0.909. The fraction of sp³-hybridized carbons (Fsp3) is 0.611. The maximum Gasteiger partial charge on any atom is 0.414 e. The normalized spacial score (nSPS) is 24.7. The summed E-state index contributed by atoms with van der Waals surface area (Å²) >= 11 is 0. The van der Waals surface area contributed by atoms with Gasteiger partial charge in [0.2, 0.25) is 0 Å². The second-order valence-corrected chi connectivity index (χ2v) is 7.13. The molecule has 2 heterocycles. The van der Waals surface area contributed by atoms with Gasteiger partial charge in [-0.05, 0) is 37.9 Å². The minimum atomic E-state index is -0.224. The molecule has 0 spiro atoms. The lowest BCUT2D eigenvalue weighted by Gasteiger charge is -2.30. The minimum Gasteiger partial charge on any atom is -0.444 e. The highest BCUT2D eigenvalue weighted by atomic mass is 16.6. The number of carbonyl (C=O) groups excluding carboxylic acids is 1. The number of piperidine rings is 1. The van der Waals surface area contributed by atoms with Crippen molar-refractivity contribution in [2.45, 2.75) is 57.6 Å². The van der Waals surface area contributed by atoms with Crippen LogP contribution in [0.3, 0.4) is 0 Å². The standard InChI is InChI=1S/C18H26N2O2/c1-13(15-9-6-7-11-19-15)22-17(21)20-12-18(2,3)14-8-4-5-10-16(14)20/h4-5,8,10,13,15,19H,6-7,9,11-12H2,1-3H3. The third-order valence-corrected chi connectivity index (χ3v) is 4.90. The lowest BCUT2D eigenvalue weighted by atomic mass is 9.87. The van der Waals surface area contributed by atoms with Gasteiger partial charge in [0.05, 0.1) is 5.69 Å². The molecule has 2 aliphatic heterocycles. The third-order valence-electron chi connectivity index (χ3n) is 4.90. The Morgan fingerprint density at radius 1 is 1.36 bits per heavy atom. The molecule has 4 heteroatoms. The fourth-order valence-electron chi connectivity index (χ4n) is 3.59. The number of rotatable bonds is 2. The van der Waals surface area contributed by atoms with E-state index in [2.05, 4.69) is 25.2 Å². The minimum absolute atomic E-state index is 0.0259. The van der Waals surface area contributed by atoms with Crippen molar-refractivity contribution in [2.75, 3.05) is 18.0 Å². The molecule has 1 saturated heterocycles. The number of fused-ring (bicyclic) bond motifs is 1. The first kappa shape index (κ1) is 15.3. The van der Waals surface area contributed by atoms with Gasteiger partial charge in [0.15, 0.2) is 0 Å². The maximum absolute atomic E-state index is 12.6. The van der Waals surface area contributed by atoms with Crippen molar-refractivity contribution in [3.63, 3.8) is 0 Å². The molecule has 0 radical (unpaired) electrons. The topological polar surface area (TPSA) is 41.6 Å². The van der Waals surface area contributed by atoms with E-state index in [-0.39, 0.29) is 23.7 Å². The summed E-state index contributed by atoms with van der Waals surface area (Å²) in [6.45, 7) is 8.03. The van der Waals surface area contributed by atoms with Crippen LogP contribution < -0.4 is 10.2 Å². The SMILES string of the molecule is CC(OC(=O)N1CC(C)(C)c2ccccc21)C1CCCCN1. The Balaban J connectivity index is 1.71. The van der Waals surface area contributed by atoms with Gasteiger partial charge < -0.3 is 10.1 Å². The highest BCUT2D eigenvalue weighted by molar-refractivity contribution is 5.91. The van der Waals surface area contributed by atoms with Crippen molar-refractivity contribution in [3.05, 3.63) is 29.8 Å². The molecule has 0 aliphatic carbocycles. The molecule has 1 fully saturated rings. The molecule has 3 rings (SSSR count). The van der Waals surface area contributed by atoms with Crippen LogP contribution in [0.2, 0.25) is 0 Å². The number of hydrogen-bond acceptors (Lipinski definition) is 3.